The monoisotopic (exact) mass is 428 g/mol. The molecule has 0 amide bonds. The van der Waals surface area contributed by atoms with Gasteiger partial charge in [-0.15, -0.1) is 0 Å². The van der Waals surface area contributed by atoms with Gasteiger partial charge in [0, 0.05) is 0 Å². The predicted molar refractivity (Wildman–Crippen MR) is 142 cm³/mol. The quantitative estimate of drug-likeness (QED) is 0.0864. The first kappa shape index (κ1) is 28.4. The van der Waals surface area contributed by atoms with Crippen molar-refractivity contribution >= 4 is 16.0 Å². The minimum atomic E-state index is -0.980. The van der Waals surface area contributed by atoms with Crippen molar-refractivity contribution in [1.29, 1.82) is 0 Å². The standard InChI is InChI=1S/C26H57PSi/c1-5-9-12-15-18-21-24-27(28-8-4,25-22-19-16-13-10-6-2)26-23-20-17-14-11-7-3/h8,27H,4-7,9-26,28H2,1-3H3. The molecular formula is C26H57PSi. The zero-order chi connectivity index (χ0) is 20.8. The number of hydrogen-bond acceptors (Lipinski definition) is 0. The number of hydrogen-bond donors (Lipinski definition) is 0. The van der Waals surface area contributed by atoms with Crippen molar-refractivity contribution in [2.75, 3.05) is 18.5 Å². The second kappa shape index (κ2) is 22.1. The van der Waals surface area contributed by atoms with Crippen molar-refractivity contribution in [2.45, 2.75) is 136 Å². The van der Waals surface area contributed by atoms with E-state index >= 15 is 0 Å². The van der Waals surface area contributed by atoms with E-state index in [2.05, 4.69) is 33.0 Å². The van der Waals surface area contributed by atoms with Gasteiger partial charge in [0.2, 0.25) is 0 Å². The summed E-state index contributed by atoms with van der Waals surface area (Å²) < 4.78 is 0. The first-order valence-corrected chi connectivity index (χ1v) is 19.1. The molecule has 28 heavy (non-hydrogen) atoms. The van der Waals surface area contributed by atoms with E-state index in [0.717, 1.165) is 0 Å². The molecule has 0 aliphatic heterocycles. The zero-order valence-electron chi connectivity index (χ0n) is 20.3. The Hall–Kier alpha value is 0.387. The summed E-state index contributed by atoms with van der Waals surface area (Å²) in [6, 6.07) is 0. The van der Waals surface area contributed by atoms with Gasteiger partial charge in [0.25, 0.3) is 0 Å². The average Bonchev–Trinajstić information content (AvgIpc) is 2.70. The maximum absolute atomic E-state index is 4.25. The topological polar surface area (TPSA) is 0 Å². The van der Waals surface area contributed by atoms with Crippen LogP contribution in [-0.4, -0.2) is 27.7 Å². The SMILES string of the molecule is C=C[SiH2][PH](CCCCCCCC)(CCCCCCCC)CCCCCCCC. The van der Waals surface area contributed by atoms with Crippen molar-refractivity contribution < 1.29 is 0 Å². The van der Waals surface area contributed by atoms with Crippen molar-refractivity contribution in [2.24, 2.45) is 0 Å². The molecule has 0 fully saturated rings. The normalized spacial score (nSPS) is 12.8. The summed E-state index contributed by atoms with van der Waals surface area (Å²) in [5, 5.41) is 0. The molecule has 0 saturated heterocycles. The van der Waals surface area contributed by atoms with E-state index in [-0.39, 0.29) is 9.19 Å². The second-order valence-corrected chi connectivity index (χ2v) is 20.8. The Balaban J connectivity index is 4.41. The Morgan fingerprint density at radius 3 is 1.07 bits per heavy atom. The Morgan fingerprint density at radius 1 is 0.500 bits per heavy atom. The predicted octanol–water partition coefficient (Wildman–Crippen LogP) is 9.05. The van der Waals surface area contributed by atoms with E-state index < -0.39 is 6.81 Å². The molecule has 0 aromatic rings. The van der Waals surface area contributed by atoms with Gasteiger partial charge in [-0.1, -0.05) is 0 Å². The third-order valence-electron chi connectivity index (χ3n) is 6.76. The summed E-state index contributed by atoms with van der Waals surface area (Å²) in [6.07, 6.45) is 31.4. The first-order valence-electron chi connectivity index (χ1n) is 13.4. The molecule has 0 unspecified atom stereocenters. The molecule has 0 aromatic heterocycles. The van der Waals surface area contributed by atoms with Crippen LogP contribution in [0.5, 0.6) is 0 Å². The van der Waals surface area contributed by atoms with Crippen LogP contribution in [0.3, 0.4) is 0 Å². The summed E-state index contributed by atoms with van der Waals surface area (Å²) in [7, 11) is 0.0000476. The molecule has 0 aromatic carbocycles. The van der Waals surface area contributed by atoms with Crippen LogP contribution in [0.4, 0.5) is 0 Å². The average molecular weight is 429 g/mol. The van der Waals surface area contributed by atoms with Gasteiger partial charge in [-0.25, -0.2) is 0 Å². The Bertz CT molecular complexity index is 275. The maximum atomic E-state index is 4.25. The number of rotatable bonds is 23. The minimum absolute atomic E-state index is 0.0000476. The molecular weight excluding hydrogens is 371 g/mol. The summed E-state index contributed by atoms with van der Waals surface area (Å²) in [6.45, 7) is 10.3. The molecule has 0 aliphatic rings. The molecule has 0 nitrogen and oxygen atoms in total. The van der Waals surface area contributed by atoms with E-state index in [9.17, 15) is 0 Å². The molecule has 0 rings (SSSR count). The van der Waals surface area contributed by atoms with Crippen LogP contribution in [0.25, 0.3) is 0 Å². The Morgan fingerprint density at radius 2 is 0.786 bits per heavy atom. The number of unbranched alkanes of at least 4 members (excludes halogenated alkanes) is 15. The van der Waals surface area contributed by atoms with E-state index in [1.165, 1.54) is 96.3 Å². The van der Waals surface area contributed by atoms with E-state index in [1.54, 1.807) is 37.7 Å². The van der Waals surface area contributed by atoms with Crippen LogP contribution >= 0.6 is 6.81 Å². The van der Waals surface area contributed by atoms with Crippen molar-refractivity contribution in [1.82, 2.24) is 0 Å². The van der Waals surface area contributed by atoms with E-state index in [1.807, 2.05) is 0 Å². The fourth-order valence-electron chi connectivity index (χ4n) is 4.83. The van der Waals surface area contributed by atoms with Crippen molar-refractivity contribution in [3.63, 3.8) is 0 Å². The van der Waals surface area contributed by atoms with Gasteiger partial charge < -0.3 is 0 Å². The second-order valence-electron chi connectivity index (χ2n) is 9.55. The van der Waals surface area contributed by atoms with Crippen molar-refractivity contribution in [3.05, 3.63) is 12.3 Å². The van der Waals surface area contributed by atoms with Crippen LogP contribution in [0.1, 0.15) is 136 Å². The van der Waals surface area contributed by atoms with Gasteiger partial charge >= 0.3 is 183 Å². The third-order valence-corrected chi connectivity index (χ3v) is 18.8. The van der Waals surface area contributed by atoms with E-state index in [4.69, 9.17) is 0 Å². The molecule has 170 valence electrons. The van der Waals surface area contributed by atoms with Crippen LogP contribution in [0, 0.1) is 0 Å². The van der Waals surface area contributed by atoms with Gasteiger partial charge in [-0.2, -0.15) is 0 Å². The molecule has 0 spiro atoms. The van der Waals surface area contributed by atoms with Crippen LogP contribution in [0.15, 0.2) is 12.3 Å². The third kappa shape index (κ3) is 17.3. The van der Waals surface area contributed by atoms with E-state index in [0.29, 0.717) is 0 Å². The molecule has 2 heteroatoms. The summed E-state index contributed by atoms with van der Waals surface area (Å²) in [5.74, 6) is 0. The molecule has 0 bridgehead atoms. The van der Waals surface area contributed by atoms with Gasteiger partial charge in [-0.3, -0.25) is 0 Å². The molecule has 0 aliphatic carbocycles. The van der Waals surface area contributed by atoms with Gasteiger partial charge in [-0.05, 0) is 0 Å². The Kier molecular flexibility index (Phi) is 22.4. The summed E-state index contributed by atoms with van der Waals surface area (Å²) in [4.78, 5) is 0. The van der Waals surface area contributed by atoms with Gasteiger partial charge in [0.15, 0.2) is 0 Å². The Labute approximate surface area is 183 Å². The molecule has 0 N–H and O–H groups in total. The zero-order valence-corrected chi connectivity index (χ0v) is 22.8. The fraction of sp³-hybridized carbons (Fsp3) is 0.923. The first-order chi connectivity index (χ1) is 13.7. The van der Waals surface area contributed by atoms with Crippen LogP contribution < -0.4 is 0 Å². The fourth-order valence-corrected chi connectivity index (χ4v) is 15.7. The van der Waals surface area contributed by atoms with Crippen LogP contribution in [0.2, 0.25) is 0 Å². The summed E-state index contributed by atoms with van der Waals surface area (Å²) in [5.41, 5.74) is 2.44. The van der Waals surface area contributed by atoms with Crippen molar-refractivity contribution in [3.8, 4) is 0 Å². The molecule has 0 saturated carbocycles. The molecule has 0 atom stereocenters. The molecule has 0 radical (unpaired) electrons. The summed E-state index contributed by atoms with van der Waals surface area (Å²) >= 11 is 0. The van der Waals surface area contributed by atoms with Crippen LogP contribution in [-0.2, 0) is 0 Å². The van der Waals surface area contributed by atoms with Gasteiger partial charge in [0.05, 0.1) is 0 Å². The van der Waals surface area contributed by atoms with Gasteiger partial charge in [0.1, 0.15) is 0 Å². The molecule has 0 heterocycles.